The third kappa shape index (κ3) is 9.13. The van der Waals surface area contributed by atoms with E-state index in [-0.39, 0.29) is 17.0 Å². The molecule has 6 nitrogen and oxygen atoms in total. The molecular weight excluding hydrogens is 458 g/mol. The van der Waals surface area contributed by atoms with E-state index >= 15 is 0 Å². The average molecular weight is 476 g/mol. The van der Waals surface area contributed by atoms with Gasteiger partial charge in [-0.2, -0.15) is 13.2 Å². The van der Waals surface area contributed by atoms with Crippen LogP contribution in [-0.2, 0) is 4.79 Å². The third-order valence-electron chi connectivity index (χ3n) is 3.92. The van der Waals surface area contributed by atoms with Gasteiger partial charge in [0.25, 0.3) is 11.8 Å². The summed E-state index contributed by atoms with van der Waals surface area (Å²) in [5.41, 5.74) is 0.191. The van der Waals surface area contributed by atoms with Gasteiger partial charge in [-0.3, -0.25) is 9.59 Å². The van der Waals surface area contributed by atoms with E-state index in [2.05, 4.69) is 15.4 Å². The van der Waals surface area contributed by atoms with Crippen molar-refractivity contribution in [2.45, 2.75) is 19.0 Å². The van der Waals surface area contributed by atoms with Crippen LogP contribution in [0.15, 0.2) is 54.2 Å². The van der Waals surface area contributed by atoms with E-state index in [9.17, 15) is 35.9 Å². The van der Waals surface area contributed by atoms with Crippen LogP contribution in [0.4, 0.5) is 26.3 Å². The molecule has 0 unspecified atom stereocenters. The van der Waals surface area contributed by atoms with Crippen LogP contribution in [0.25, 0.3) is 6.08 Å². The highest BCUT2D eigenvalue weighted by Gasteiger charge is 2.31. The standard InChI is InChI=1S/C21H18F6N2O4/c1-28-19(31)17(12-13-2-6-16(7-3-13)33-21(25,26)27)29-18(30)14-4-8-15(9-5-14)32-11-10-20(22,23)24/h2-9,12H,10-11H2,1H3,(H,28,31)(H,29,30)/b17-12+. The number of benzene rings is 2. The van der Waals surface area contributed by atoms with Crippen LogP contribution in [0.1, 0.15) is 22.3 Å². The second kappa shape index (κ2) is 10.7. The van der Waals surface area contributed by atoms with Gasteiger partial charge >= 0.3 is 12.5 Å². The van der Waals surface area contributed by atoms with Gasteiger partial charge in [-0.05, 0) is 48.0 Å². The molecule has 0 aromatic heterocycles. The summed E-state index contributed by atoms with van der Waals surface area (Å²) in [5, 5.41) is 4.70. The largest absolute Gasteiger partial charge is 0.573 e. The maximum Gasteiger partial charge on any atom is 0.573 e. The quantitative estimate of drug-likeness (QED) is 0.437. The van der Waals surface area contributed by atoms with Crippen molar-refractivity contribution in [2.75, 3.05) is 13.7 Å². The fraction of sp³-hybridized carbons (Fsp3) is 0.238. The first-order valence-electron chi connectivity index (χ1n) is 9.27. The minimum atomic E-state index is -4.85. The zero-order valence-electron chi connectivity index (χ0n) is 17.0. The molecule has 0 bridgehead atoms. The fourth-order valence-corrected chi connectivity index (χ4v) is 2.41. The summed E-state index contributed by atoms with van der Waals surface area (Å²) in [4.78, 5) is 24.6. The molecular formula is C21H18F6N2O4. The molecule has 0 radical (unpaired) electrons. The summed E-state index contributed by atoms with van der Waals surface area (Å²) in [6.07, 6.45) is -9.09. The highest BCUT2D eigenvalue weighted by molar-refractivity contribution is 6.05. The van der Waals surface area contributed by atoms with Crippen molar-refractivity contribution in [2.24, 2.45) is 0 Å². The topological polar surface area (TPSA) is 76.7 Å². The Morgan fingerprint density at radius 3 is 2.00 bits per heavy atom. The van der Waals surface area contributed by atoms with Gasteiger partial charge in [0.15, 0.2) is 0 Å². The third-order valence-corrected chi connectivity index (χ3v) is 3.92. The van der Waals surface area contributed by atoms with E-state index < -0.39 is 43.1 Å². The molecule has 0 aliphatic rings. The number of nitrogens with one attached hydrogen (secondary N) is 2. The van der Waals surface area contributed by atoms with E-state index in [0.717, 1.165) is 12.1 Å². The Kier molecular flexibility index (Phi) is 8.32. The minimum absolute atomic E-state index is 0.0851. The lowest BCUT2D eigenvalue weighted by molar-refractivity contribution is -0.274. The van der Waals surface area contributed by atoms with Crippen LogP contribution in [0, 0.1) is 0 Å². The summed E-state index contributed by atoms with van der Waals surface area (Å²) < 4.78 is 82.0. The summed E-state index contributed by atoms with van der Waals surface area (Å²) >= 11 is 0. The van der Waals surface area contributed by atoms with Crippen molar-refractivity contribution in [3.8, 4) is 11.5 Å². The molecule has 2 N–H and O–H groups in total. The molecule has 33 heavy (non-hydrogen) atoms. The summed E-state index contributed by atoms with van der Waals surface area (Å²) in [6, 6.07) is 9.78. The van der Waals surface area contributed by atoms with E-state index in [4.69, 9.17) is 4.74 Å². The zero-order chi connectivity index (χ0) is 24.6. The van der Waals surface area contributed by atoms with Crippen LogP contribution < -0.4 is 20.1 Å². The SMILES string of the molecule is CNC(=O)/C(=C\c1ccc(OC(F)(F)F)cc1)NC(=O)c1ccc(OCCC(F)(F)F)cc1. The molecule has 2 rings (SSSR count). The van der Waals surface area contributed by atoms with E-state index in [1.165, 1.54) is 49.5 Å². The molecule has 0 spiro atoms. The zero-order valence-corrected chi connectivity index (χ0v) is 17.0. The van der Waals surface area contributed by atoms with Crippen molar-refractivity contribution < 1.29 is 45.4 Å². The van der Waals surface area contributed by atoms with E-state index in [1.807, 2.05) is 0 Å². The lowest BCUT2D eigenvalue weighted by Crippen LogP contribution is -2.33. The van der Waals surface area contributed by atoms with Crippen LogP contribution in [-0.4, -0.2) is 38.0 Å². The van der Waals surface area contributed by atoms with Crippen molar-refractivity contribution in [1.29, 1.82) is 0 Å². The molecule has 178 valence electrons. The molecule has 0 fully saturated rings. The van der Waals surface area contributed by atoms with Crippen molar-refractivity contribution in [1.82, 2.24) is 10.6 Å². The van der Waals surface area contributed by atoms with Crippen molar-refractivity contribution in [3.05, 3.63) is 65.4 Å². The summed E-state index contributed by atoms with van der Waals surface area (Å²) in [6.45, 7) is -0.578. The number of hydrogen-bond donors (Lipinski definition) is 2. The van der Waals surface area contributed by atoms with Gasteiger partial charge < -0.3 is 20.1 Å². The van der Waals surface area contributed by atoms with Crippen molar-refractivity contribution >= 4 is 17.9 Å². The Labute approximate surface area is 184 Å². The average Bonchev–Trinajstić information content (AvgIpc) is 2.72. The number of ether oxygens (including phenoxy) is 2. The number of alkyl halides is 6. The molecule has 0 aliphatic carbocycles. The molecule has 2 amide bonds. The molecule has 0 aliphatic heterocycles. The van der Waals surface area contributed by atoms with E-state index in [1.54, 1.807) is 0 Å². The number of amides is 2. The first-order valence-corrected chi connectivity index (χ1v) is 9.27. The number of carbonyl (C=O) groups excluding carboxylic acids is 2. The van der Waals surface area contributed by atoms with Crippen LogP contribution in [0.3, 0.4) is 0 Å². The number of likely N-dealkylation sites (N-methyl/N-ethyl adjacent to an activating group) is 1. The molecule has 2 aromatic rings. The molecule has 2 aromatic carbocycles. The number of carbonyl (C=O) groups is 2. The predicted octanol–water partition coefficient (Wildman–Crippen LogP) is 4.43. The first kappa shape index (κ1) is 25.6. The molecule has 0 saturated heterocycles. The second-order valence-electron chi connectivity index (χ2n) is 6.45. The van der Waals surface area contributed by atoms with Gasteiger partial charge in [-0.1, -0.05) is 12.1 Å². The minimum Gasteiger partial charge on any atom is -0.493 e. The normalized spacial score (nSPS) is 12.2. The smallest absolute Gasteiger partial charge is 0.493 e. The highest BCUT2D eigenvalue weighted by atomic mass is 19.4. The fourth-order valence-electron chi connectivity index (χ4n) is 2.41. The Morgan fingerprint density at radius 1 is 0.909 bits per heavy atom. The van der Waals surface area contributed by atoms with Gasteiger partial charge in [-0.25, -0.2) is 0 Å². The summed E-state index contributed by atoms with van der Waals surface area (Å²) in [7, 11) is 1.32. The predicted molar refractivity (Wildman–Crippen MR) is 105 cm³/mol. The monoisotopic (exact) mass is 476 g/mol. The summed E-state index contributed by atoms with van der Waals surface area (Å²) in [5.74, 6) is -1.71. The first-order chi connectivity index (χ1) is 15.4. The second-order valence-corrected chi connectivity index (χ2v) is 6.45. The Bertz CT molecular complexity index is 984. The van der Waals surface area contributed by atoms with Gasteiger partial charge in [0.1, 0.15) is 17.2 Å². The lowest BCUT2D eigenvalue weighted by atomic mass is 10.1. The molecule has 12 heteroatoms. The lowest BCUT2D eigenvalue weighted by Gasteiger charge is -2.11. The maximum absolute atomic E-state index is 12.5. The Balaban J connectivity index is 2.09. The molecule has 0 atom stereocenters. The van der Waals surface area contributed by atoms with Gasteiger partial charge in [0.2, 0.25) is 0 Å². The van der Waals surface area contributed by atoms with Crippen molar-refractivity contribution in [3.63, 3.8) is 0 Å². The maximum atomic E-state index is 12.5. The number of hydrogen-bond acceptors (Lipinski definition) is 4. The van der Waals surface area contributed by atoms with Crippen LogP contribution in [0.2, 0.25) is 0 Å². The Hall–Kier alpha value is -3.70. The molecule has 0 heterocycles. The van der Waals surface area contributed by atoms with Crippen LogP contribution in [0.5, 0.6) is 11.5 Å². The van der Waals surface area contributed by atoms with Gasteiger partial charge in [-0.15, -0.1) is 13.2 Å². The number of halogens is 6. The van der Waals surface area contributed by atoms with E-state index in [0.29, 0.717) is 5.56 Å². The molecule has 0 saturated carbocycles. The number of rotatable bonds is 8. The van der Waals surface area contributed by atoms with Crippen LogP contribution >= 0.6 is 0 Å². The Morgan fingerprint density at radius 2 is 1.48 bits per heavy atom. The highest BCUT2D eigenvalue weighted by Crippen LogP contribution is 2.23. The van der Waals surface area contributed by atoms with Gasteiger partial charge in [0, 0.05) is 12.6 Å². The van der Waals surface area contributed by atoms with Gasteiger partial charge in [0.05, 0.1) is 13.0 Å².